The molecule has 2 aromatic heterocycles. The highest BCUT2D eigenvalue weighted by atomic mass is 15.2. The van der Waals surface area contributed by atoms with Gasteiger partial charge in [-0.15, -0.1) is 10.2 Å². The van der Waals surface area contributed by atoms with Crippen molar-refractivity contribution < 1.29 is 0 Å². The lowest BCUT2D eigenvalue weighted by molar-refractivity contribution is 0.179. The van der Waals surface area contributed by atoms with Crippen LogP contribution in [0.3, 0.4) is 0 Å². The number of hydrogen-bond donors (Lipinski definition) is 1. The van der Waals surface area contributed by atoms with Crippen molar-refractivity contribution in [3.8, 4) is 5.69 Å². The summed E-state index contributed by atoms with van der Waals surface area (Å²) < 4.78 is 1.96. The Bertz CT molecular complexity index is 1080. The SMILES string of the molecule is c1ccc(CCN2CCC(CCCc3c[nH]c4ccc(-n5cnnc5)cc34)CC2)cc1. The number of aryl methyl sites for hydroxylation is 1. The minimum atomic E-state index is 0.880. The van der Waals surface area contributed by atoms with E-state index in [4.69, 9.17) is 0 Å². The summed E-state index contributed by atoms with van der Waals surface area (Å²) in [6.07, 6.45) is 13.3. The summed E-state index contributed by atoms with van der Waals surface area (Å²) in [5.41, 5.74) is 5.20. The normalized spacial score (nSPS) is 15.6. The van der Waals surface area contributed by atoms with Crippen molar-refractivity contribution in [1.82, 2.24) is 24.6 Å². The van der Waals surface area contributed by atoms with E-state index in [1.54, 1.807) is 12.7 Å². The summed E-state index contributed by atoms with van der Waals surface area (Å²) in [7, 11) is 0. The summed E-state index contributed by atoms with van der Waals surface area (Å²) in [4.78, 5) is 6.08. The van der Waals surface area contributed by atoms with E-state index in [-0.39, 0.29) is 0 Å². The Balaban J connectivity index is 1.09. The second-order valence-corrected chi connectivity index (χ2v) is 8.83. The van der Waals surface area contributed by atoms with E-state index in [2.05, 4.69) is 74.8 Å². The van der Waals surface area contributed by atoms with E-state index in [0.717, 1.165) is 18.0 Å². The van der Waals surface area contributed by atoms with Crippen LogP contribution < -0.4 is 0 Å². The number of nitrogens with zero attached hydrogens (tertiary/aromatic N) is 4. The molecule has 0 amide bonds. The standard InChI is InChI=1S/C26H31N5/c1-2-5-21(6-3-1)11-14-30-15-12-22(13-16-30)7-4-8-23-18-27-26-10-9-24(17-25(23)26)31-19-28-29-20-31/h1-3,5-6,9-10,17-20,22,27H,4,7-8,11-16H2. The van der Waals surface area contributed by atoms with Crippen LogP contribution in [0, 0.1) is 5.92 Å². The van der Waals surface area contributed by atoms with Crippen LogP contribution in [0.4, 0.5) is 0 Å². The van der Waals surface area contributed by atoms with Crippen molar-refractivity contribution in [3.63, 3.8) is 0 Å². The Morgan fingerprint density at radius 3 is 2.55 bits per heavy atom. The largest absolute Gasteiger partial charge is 0.361 e. The second kappa shape index (κ2) is 9.48. The van der Waals surface area contributed by atoms with Gasteiger partial charge in [-0.25, -0.2) is 0 Å². The van der Waals surface area contributed by atoms with Crippen molar-refractivity contribution in [2.24, 2.45) is 5.92 Å². The van der Waals surface area contributed by atoms with Gasteiger partial charge in [0.2, 0.25) is 0 Å². The summed E-state index contributed by atoms with van der Waals surface area (Å²) in [6.45, 7) is 3.71. The number of piperidine rings is 1. The first kappa shape index (κ1) is 20.0. The number of H-pyrrole nitrogens is 1. The number of fused-ring (bicyclic) bond motifs is 1. The summed E-state index contributed by atoms with van der Waals surface area (Å²) in [5, 5.41) is 9.17. The lowest BCUT2D eigenvalue weighted by Crippen LogP contribution is -2.35. The molecule has 0 aliphatic carbocycles. The smallest absolute Gasteiger partial charge is 0.123 e. The average Bonchev–Trinajstić information content (AvgIpc) is 3.49. The highest BCUT2D eigenvalue weighted by Gasteiger charge is 2.19. The molecule has 1 aliphatic heterocycles. The number of benzene rings is 2. The fourth-order valence-corrected chi connectivity index (χ4v) is 4.88. The zero-order chi connectivity index (χ0) is 20.9. The molecule has 1 saturated heterocycles. The third kappa shape index (κ3) is 4.88. The molecule has 5 nitrogen and oxygen atoms in total. The Morgan fingerprint density at radius 2 is 1.74 bits per heavy atom. The van der Waals surface area contributed by atoms with Crippen LogP contribution in [0.1, 0.15) is 36.8 Å². The molecule has 1 N–H and O–H groups in total. The molecule has 4 aromatic rings. The number of aromatic amines is 1. The van der Waals surface area contributed by atoms with Crippen LogP contribution in [-0.2, 0) is 12.8 Å². The summed E-state index contributed by atoms with van der Waals surface area (Å²) >= 11 is 0. The van der Waals surface area contributed by atoms with Gasteiger partial charge in [0.05, 0.1) is 0 Å². The van der Waals surface area contributed by atoms with Crippen LogP contribution in [0.2, 0.25) is 0 Å². The van der Waals surface area contributed by atoms with Crippen molar-refractivity contribution in [3.05, 3.63) is 78.5 Å². The molecule has 31 heavy (non-hydrogen) atoms. The number of nitrogens with one attached hydrogen (secondary N) is 1. The van der Waals surface area contributed by atoms with E-state index in [0.29, 0.717) is 0 Å². The average molecular weight is 414 g/mol. The fraction of sp³-hybridized carbons (Fsp3) is 0.385. The van der Waals surface area contributed by atoms with Crippen molar-refractivity contribution >= 4 is 10.9 Å². The molecule has 1 fully saturated rings. The Labute approximate surface area is 184 Å². The van der Waals surface area contributed by atoms with Crippen LogP contribution in [0.25, 0.3) is 16.6 Å². The molecule has 0 saturated carbocycles. The van der Waals surface area contributed by atoms with Gasteiger partial charge in [-0.05, 0) is 80.4 Å². The molecular formula is C26H31N5. The highest BCUT2D eigenvalue weighted by molar-refractivity contribution is 5.85. The van der Waals surface area contributed by atoms with E-state index in [1.807, 2.05) is 4.57 Å². The van der Waals surface area contributed by atoms with Crippen LogP contribution in [0.15, 0.2) is 67.4 Å². The molecule has 5 heteroatoms. The molecule has 0 unspecified atom stereocenters. The molecule has 160 valence electrons. The van der Waals surface area contributed by atoms with Crippen molar-refractivity contribution in [2.75, 3.05) is 19.6 Å². The van der Waals surface area contributed by atoms with E-state index < -0.39 is 0 Å². The predicted octanol–water partition coefficient (Wildman–Crippen LogP) is 5.03. The maximum absolute atomic E-state index is 3.92. The van der Waals surface area contributed by atoms with Crippen molar-refractivity contribution in [1.29, 1.82) is 0 Å². The van der Waals surface area contributed by atoms with Crippen LogP contribution in [0.5, 0.6) is 0 Å². The van der Waals surface area contributed by atoms with E-state index in [1.165, 1.54) is 73.8 Å². The molecule has 0 spiro atoms. The Hall–Kier alpha value is -2.92. The first-order valence-electron chi connectivity index (χ1n) is 11.6. The lowest BCUT2D eigenvalue weighted by atomic mass is 9.90. The van der Waals surface area contributed by atoms with Gasteiger partial charge < -0.3 is 9.88 Å². The van der Waals surface area contributed by atoms with Crippen molar-refractivity contribution in [2.45, 2.75) is 38.5 Å². The molecule has 0 radical (unpaired) electrons. The van der Waals surface area contributed by atoms with Gasteiger partial charge in [-0.3, -0.25) is 4.57 Å². The van der Waals surface area contributed by atoms with E-state index in [9.17, 15) is 0 Å². The molecule has 5 rings (SSSR count). The number of hydrogen-bond acceptors (Lipinski definition) is 3. The maximum Gasteiger partial charge on any atom is 0.123 e. The second-order valence-electron chi connectivity index (χ2n) is 8.83. The Morgan fingerprint density at radius 1 is 0.935 bits per heavy atom. The topological polar surface area (TPSA) is 49.7 Å². The quantitative estimate of drug-likeness (QED) is 0.441. The molecule has 0 atom stereocenters. The molecule has 1 aliphatic rings. The highest BCUT2D eigenvalue weighted by Crippen LogP contribution is 2.26. The molecular weight excluding hydrogens is 382 g/mol. The van der Waals surface area contributed by atoms with Gasteiger partial charge >= 0.3 is 0 Å². The van der Waals surface area contributed by atoms with Gasteiger partial charge in [0, 0.05) is 29.3 Å². The number of rotatable bonds is 8. The van der Waals surface area contributed by atoms with Gasteiger partial charge in [-0.2, -0.15) is 0 Å². The third-order valence-electron chi connectivity index (χ3n) is 6.79. The van der Waals surface area contributed by atoms with Gasteiger partial charge in [0.1, 0.15) is 12.7 Å². The van der Waals surface area contributed by atoms with Crippen LogP contribution in [-0.4, -0.2) is 44.3 Å². The predicted molar refractivity (Wildman–Crippen MR) is 125 cm³/mol. The maximum atomic E-state index is 3.92. The summed E-state index contributed by atoms with van der Waals surface area (Å²) in [6, 6.07) is 17.4. The van der Waals surface area contributed by atoms with Gasteiger partial charge in [0.15, 0.2) is 0 Å². The summed E-state index contributed by atoms with van der Waals surface area (Å²) in [5.74, 6) is 0.880. The minimum absolute atomic E-state index is 0.880. The van der Waals surface area contributed by atoms with Crippen LogP contribution >= 0.6 is 0 Å². The zero-order valence-corrected chi connectivity index (χ0v) is 18.1. The first-order valence-corrected chi connectivity index (χ1v) is 11.6. The minimum Gasteiger partial charge on any atom is -0.361 e. The first-order chi connectivity index (χ1) is 15.3. The zero-order valence-electron chi connectivity index (χ0n) is 18.1. The fourth-order valence-electron chi connectivity index (χ4n) is 4.88. The third-order valence-corrected chi connectivity index (χ3v) is 6.79. The molecule has 2 aromatic carbocycles. The Kier molecular flexibility index (Phi) is 6.12. The van der Waals surface area contributed by atoms with Gasteiger partial charge in [0.25, 0.3) is 0 Å². The monoisotopic (exact) mass is 413 g/mol. The van der Waals surface area contributed by atoms with Gasteiger partial charge in [-0.1, -0.05) is 36.8 Å². The number of aromatic nitrogens is 4. The molecule has 0 bridgehead atoms. The lowest BCUT2D eigenvalue weighted by Gasteiger charge is -2.32. The number of likely N-dealkylation sites (tertiary alicyclic amines) is 1. The van der Waals surface area contributed by atoms with E-state index >= 15 is 0 Å². The molecule has 3 heterocycles.